The van der Waals surface area contributed by atoms with E-state index in [-0.39, 0.29) is 11.9 Å². The highest BCUT2D eigenvalue weighted by Gasteiger charge is 2.19. The van der Waals surface area contributed by atoms with Gasteiger partial charge in [-0.1, -0.05) is 48.5 Å². The lowest BCUT2D eigenvalue weighted by atomic mass is 10.0. The van der Waals surface area contributed by atoms with Crippen LogP contribution in [0.15, 0.2) is 66.7 Å². The topological polar surface area (TPSA) is 32.3 Å². The molecule has 0 bridgehead atoms. The van der Waals surface area contributed by atoms with Crippen LogP contribution in [0.25, 0.3) is 6.08 Å². The van der Waals surface area contributed by atoms with Crippen LogP contribution in [0.3, 0.4) is 0 Å². The summed E-state index contributed by atoms with van der Waals surface area (Å²) in [5.74, 6) is -0.00739. The molecule has 0 atom stereocenters. The Morgan fingerprint density at radius 3 is 2.22 bits per heavy atom. The van der Waals surface area contributed by atoms with Crippen molar-refractivity contribution in [1.82, 2.24) is 5.32 Å². The molecule has 0 spiro atoms. The summed E-state index contributed by atoms with van der Waals surface area (Å²) in [5.41, 5.74) is 2.31. The Bertz CT molecular complexity index is 644. The number of nitrogens with zero attached hydrogens (tertiary/aromatic N) is 1. The van der Waals surface area contributed by atoms with Gasteiger partial charge in [-0.2, -0.15) is 0 Å². The Labute approximate surface area is 137 Å². The fourth-order valence-electron chi connectivity index (χ4n) is 2.91. The van der Waals surface area contributed by atoms with Gasteiger partial charge in [0.2, 0.25) is 5.91 Å². The van der Waals surface area contributed by atoms with Crippen molar-refractivity contribution in [3.8, 4) is 0 Å². The van der Waals surface area contributed by atoms with E-state index in [1.807, 2.05) is 42.5 Å². The van der Waals surface area contributed by atoms with Crippen LogP contribution in [0.5, 0.6) is 0 Å². The first-order valence-corrected chi connectivity index (χ1v) is 8.15. The highest BCUT2D eigenvalue weighted by Crippen LogP contribution is 2.19. The summed E-state index contributed by atoms with van der Waals surface area (Å²) in [4.78, 5) is 14.4. The molecule has 3 nitrogen and oxygen atoms in total. The number of para-hydroxylation sites is 1. The zero-order valence-electron chi connectivity index (χ0n) is 13.2. The number of anilines is 1. The quantitative estimate of drug-likeness (QED) is 0.877. The van der Waals surface area contributed by atoms with Gasteiger partial charge in [0.1, 0.15) is 0 Å². The van der Waals surface area contributed by atoms with Gasteiger partial charge in [0.05, 0.1) is 0 Å². The first kappa shape index (κ1) is 15.3. The largest absolute Gasteiger partial charge is 0.371 e. The monoisotopic (exact) mass is 306 g/mol. The molecule has 3 rings (SSSR count). The Balaban J connectivity index is 1.47. The van der Waals surface area contributed by atoms with Gasteiger partial charge in [0, 0.05) is 30.9 Å². The molecule has 0 aliphatic carbocycles. The van der Waals surface area contributed by atoms with Gasteiger partial charge in [-0.3, -0.25) is 4.79 Å². The summed E-state index contributed by atoms with van der Waals surface area (Å²) in [6.45, 7) is 1.97. The minimum atomic E-state index is -0.00739. The Morgan fingerprint density at radius 1 is 0.957 bits per heavy atom. The van der Waals surface area contributed by atoms with E-state index in [4.69, 9.17) is 0 Å². The van der Waals surface area contributed by atoms with Gasteiger partial charge in [-0.15, -0.1) is 0 Å². The van der Waals surface area contributed by atoms with Crippen molar-refractivity contribution in [2.45, 2.75) is 18.9 Å². The van der Waals surface area contributed by atoms with E-state index in [1.54, 1.807) is 6.08 Å². The second kappa shape index (κ2) is 7.63. The summed E-state index contributed by atoms with van der Waals surface area (Å²) in [7, 11) is 0. The van der Waals surface area contributed by atoms with Crippen molar-refractivity contribution >= 4 is 17.7 Å². The van der Waals surface area contributed by atoms with Gasteiger partial charge in [-0.05, 0) is 36.6 Å². The Kier molecular flexibility index (Phi) is 5.09. The standard InChI is InChI=1S/C20H22N2O/c23-20(12-11-17-7-3-1-4-8-17)21-18-13-15-22(16-14-18)19-9-5-2-6-10-19/h1-12,18H,13-16H2,(H,21,23). The zero-order valence-corrected chi connectivity index (χ0v) is 13.2. The van der Waals surface area contributed by atoms with E-state index < -0.39 is 0 Å². The van der Waals surface area contributed by atoms with Gasteiger partial charge < -0.3 is 10.2 Å². The summed E-state index contributed by atoms with van der Waals surface area (Å²) in [6.07, 6.45) is 5.45. The van der Waals surface area contributed by atoms with Crippen molar-refractivity contribution in [3.05, 3.63) is 72.3 Å². The van der Waals surface area contributed by atoms with E-state index in [0.717, 1.165) is 31.5 Å². The molecule has 3 heteroatoms. The normalized spacial score (nSPS) is 15.7. The molecule has 1 N–H and O–H groups in total. The van der Waals surface area contributed by atoms with Crippen molar-refractivity contribution in [2.24, 2.45) is 0 Å². The third-order valence-electron chi connectivity index (χ3n) is 4.19. The van der Waals surface area contributed by atoms with E-state index in [1.165, 1.54) is 5.69 Å². The number of hydrogen-bond acceptors (Lipinski definition) is 2. The predicted molar refractivity (Wildman–Crippen MR) is 95.3 cm³/mol. The lowest BCUT2D eigenvalue weighted by molar-refractivity contribution is -0.117. The minimum absolute atomic E-state index is 0.00739. The average molecular weight is 306 g/mol. The number of rotatable bonds is 4. The zero-order chi connectivity index (χ0) is 15.9. The van der Waals surface area contributed by atoms with Gasteiger partial charge in [0.25, 0.3) is 0 Å². The molecule has 23 heavy (non-hydrogen) atoms. The molecule has 0 aromatic heterocycles. The molecule has 1 saturated heterocycles. The second-order valence-electron chi connectivity index (χ2n) is 5.85. The molecule has 2 aromatic carbocycles. The number of carbonyl (C=O) groups excluding carboxylic acids is 1. The summed E-state index contributed by atoms with van der Waals surface area (Å²) in [6, 6.07) is 20.6. The van der Waals surface area contributed by atoms with Crippen LogP contribution in [0.1, 0.15) is 18.4 Å². The first-order chi connectivity index (χ1) is 11.3. The molecule has 0 radical (unpaired) electrons. The van der Waals surface area contributed by atoms with Crippen LogP contribution in [0, 0.1) is 0 Å². The Morgan fingerprint density at radius 2 is 1.57 bits per heavy atom. The molecular formula is C20H22N2O. The van der Waals surface area contributed by atoms with Crippen LogP contribution < -0.4 is 10.2 Å². The van der Waals surface area contributed by atoms with Gasteiger partial charge in [-0.25, -0.2) is 0 Å². The smallest absolute Gasteiger partial charge is 0.244 e. The van der Waals surface area contributed by atoms with E-state index in [2.05, 4.69) is 34.5 Å². The molecule has 0 saturated carbocycles. The molecule has 118 valence electrons. The number of amides is 1. The maximum Gasteiger partial charge on any atom is 0.244 e. The fraction of sp³-hybridized carbons (Fsp3) is 0.250. The lowest BCUT2D eigenvalue weighted by Gasteiger charge is -2.33. The van der Waals surface area contributed by atoms with Crippen LogP contribution in [0.2, 0.25) is 0 Å². The highest BCUT2D eigenvalue weighted by atomic mass is 16.1. The van der Waals surface area contributed by atoms with Crippen molar-refractivity contribution < 1.29 is 4.79 Å². The van der Waals surface area contributed by atoms with Crippen molar-refractivity contribution in [1.29, 1.82) is 0 Å². The number of carbonyl (C=O) groups is 1. The maximum atomic E-state index is 12.0. The minimum Gasteiger partial charge on any atom is -0.371 e. The first-order valence-electron chi connectivity index (χ1n) is 8.15. The molecule has 1 amide bonds. The third-order valence-corrected chi connectivity index (χ3v) is 4.19. The summed E-state index contributed by atoms with van der Waals surface area (Å²) < 4.78 is 0. The molecule has 1 aliphatic rings. The van der Waals surface area contributed by atoms with Crippen LogP contribution in [-0.2, 0) is 4.79 Å². The summed E-state index contributed by atoms with van der Waals surface area (Å²) in [5, 5.41) is 3.11. The van der Waals surface area contributed by atoms with Crippen molar-refractivity contribution in [3.63, 3.8) is 0 Å². The Hall–Kier alpha value is -2.55. The maximum absolute atomic E-state index is 12.0. The molecular weight excluding hydrogens is 284 g/mol. The van der Waals surface area contributed by atoms with Crippen LogP contribution in [0.4, 0.5) is 5.69 Å². The SMILES string of the molecule is O=C(C=Cc1ccccc1)NC1CCN(c2ccccc2)CC1. The molecule has 2 aromatic rings. The van der Waals surface area contributed by atoms with E-state index in [9.17, 15) is 4.79 Å². The van der Waals surface area contributed by atoms with E-state index in [0.29, 0.717) is 0 Å². The molecule has 1 aliphatic heterocycles. The van der Waals surface area contributed by atoms with Gasteiger partial charge >= 0.3 is 0 Å². The third kappa shape index (κ3) is 4.46. The molecule has 1 fully saturated rings. The number of benzene rings is 2. The highest BCUT2D eigenvalue weighted by molar-refractivity contribution is 5.91. The second-order valence-corrected chi connectivity index (χ2v) is 5.85. The number of nitrogens with one attached hydrogen (secondary N) is 1. The summed E-state index contributed by atoms with van der Waals surface area (Å²) >= 11 is 0. The fourth-order valence-corrected chi connectivity index (χ4v) is 2.91. The van der Waals surface area contributed by atoms with Crippen LogP contribution >= 0.6 is 0 Å². The van der Waals surface area contributed by atoms with Crippen LogP contribution in [-0.4, -0.2) is 25.0 Å². The lowest BCUT2D eigenvalue weighted by Crippen LogP contribution is -2.44. The predicted octanol–water partition coefficient (Wildman–Crippen LogP) is 3.49. The number of hydrogen-bond donors (Lipinski definition) is 1. The van der Waals surface area contributed by atoms with Gasteiger partial charge in [0.15, 0.2) is 0 Å². The molecule has 1 heterocycles. The molecule has 0 unspecified atom stereocenters. The average Bonchev–Trinajstić information content (AvgIpc) is 2.62. The van der Waals surface area contributed by atoms with E-state index >= 15 is 0 Å². The van der Waals surface area contributed by atoms with Crippen molar-refractivity contribution in [2.75, 3.05) is 18.0 Å². The number of piperidine rings is 1.